The lowest BCUT2D eigenvalue weighted by atomic mass is 9.99. The molecule has 7 heteroatoms. The maximum Gasteiger partial charge on any atom is 0.232 e. The molecule has 1 fully saturated rings. The van der Waals surface area contributed by atoms with E-state index in [1.54, 1.807) is 19.3 Å². The van der Waals surface area contributed by atoms with Gasteiger partial charge in [-0.2, -0.15) is 0 Å². The van der Waals surface area contributed by atoms with Crippen LogP contribution in [0.3, 0.4) is 0 Å². The molecule has 0 amide bonds. The van der Waals surface area contributed by atoms with Crippen molar-refractivity contribution in [2.75, 3.05) is 39.8 Å². The van der Waals surface area contributed by atoms with Gasteiger partial charge in [0.15, 0.2) is 5.76 Å². The molecule has 2 aliphatic rings. The summed E-state index contributed by atoms with van der Waals surface area (Å²) in [6.07, 6.45) is 3.78. The van der Waals surface area contributed by atoms with E-state index in [0.29, 0.717) is 23.4 Å². The van der Waals surface area contributed by atoms with E-state index in [2.05, 4.69) is 16.7 Å². The minimum atomic E-state index is -0.149. The molecule has 0 bridgehead atoms. The molecule has 5 rings (SSSR count). The number of phenolic OH excluding ortho intramolecular Hbond substituents is 1. The van der Waals surface area contributed by atoms with Crippen molar-refractivity contribution in [3.05, 3.63) is 58.5 Å². The Morgan fingerprint density at radius 1 is 1.15 bits per heavy atom. The molecular weight excluding hydrogens is 430 g/mol. The number of rotatable bonds is 5. The van der Waals surface area contributed by atoms with Crippen molar-refractivity contribution in [3.8, 4) is 17.2 Å². The van der Waals surface area contributed by atoms with Crippen LogP contribution in [0.5, 0.6) is 17.2 Å². The average molecular weight is 462 g/mol. The lowest BCUT2D eigenvalue weighted by molar-refractivity contribution is 0.101. The normalized spacial score (nSPS) is 18.0. The van der Waals surface area contributed by atoms with E-state index in [0.717, 1.165) is 60.5 Å². The van der Waals surface area contributed by atoms with Crippen molar-refractivity contribution in [2.45, 2.75) is 20.4 Å². The highest BCUT2D eigenvalue weighted by Gasteiger charge is 2.34. The summed E-state index contributed by atoms with van der Waals surface area (Å²) >= 11 is 0. The number of fused-ring (bicyclic) bond motifs is 2. The van der Waals surface area contributed by atoms with Crippen LogP contribution in [0.4, 0.5) is 0 Å². The zero-order chi connectivity index (χ0) is 24.0. The van der Waals surface area contributed by atoms with Crippen LogP contribution in [0.2, 0.25) is 0 Å². The van der Waals surface area contributed by atoms with E-state index in [-0.39, 0.29) is 17.3 Å². The Labute approximate surface area is 199 Å². The first-order chi connectivity index (χ1) is 16.4. The molecule has 1 N–H and O–H groups in total. The van der Waals surface area contributed by atoms with Gasteiger partial charge in [0.25, 0.3) is 0 Å². The number of benzene rings is 2. The number of aromatic nitrogens is 1. The third-order valence-electron chi connectivity index (χ3n) is 7.03. The second-order valence-corrected chi connectivity index (χ2v) is 9.12. The van der Waals surface area contributed by atoms with Crippen LogP contribution in [0.1, 0.15) is 34.0 Å². The van der Waals surface area contributed by atoms with Gasteiger partial charge in [-0.25, -0.2) is 0 Å². The van der Waals surface area contributed by atoms with Gasteiger partial charge in [0.1, 0.15) is 17.2 Å². The van der Waals surface area contributed by atoms with Crippen molar-refractivity contribution >= 4 is 22.8 Å². The molecule has 3 aromatic rings. The van der Waals surface area contributed by atoms with Crippen molar-refractivity contribution in [3.63, 3.8) is 0 Å². The molecule has 2 aromatic carbocycles. The highest BCUT2D eigenvalue weighted by molar-refractivity contribution is 6.16. The number of allylic oxidation sites excluding steroid dienone is 1. The van der Waals surface area contributed by atoms with E-state index < -0.39 is 0 Å². The maximum absolute atomic E-state index is 13.4. The molecule has 0 unspecified atom stereocenters. The number of methoxy groups -OCH3 is 1. The molecule has 1 saturated heterocycles. The van der Waals surface area contributed by atoms with E-state index >= 15 is 0 Å². The standard InChI is InChI=1S/C27H31N3O4/c1-5-29-8-10-30(11-9-29)16-21-23(31)12-17(2)25-26(32)24(34-27(21)25)13-18-15-28(3)22-7-6-19(33-4)14-20(18)22/h6-7,12-15,31H,5,8-11,16H2,1-4H3/b24-13-. The van der Waals surface area contributed by atoms with Gasteiger partial charge in [-0.1, -0.05) is 6.92 Å². The largest absolute Gasteiger partial charge is 0.507 e. The number of piperazine rings is 1. The van der Waals surface area contributed by atoms with Gasteiger partial charge in [-0.15, -0.1) is 0 Å². The van der Waals surface area contributed by atoms with Crippen molar-refractivity contribution < 1.29 is 19.4 Å². The van der Waals surface area contributed by atoms with Gasteiger partial charge in [0.2, 0.25) is 5.78 Å². The first-order valence-corrected chi connectivity index (χ1v) is 11.8. The van der Waals surface area contributed by atoms with Crippen LogP contribution in [-0.4, -0.2) is 65.1 Å². The Bertz CT molecular complexity index is 1300. The topological polar surface area (TPSA) is 67.2 Å². The number of ether oxygens (including phenoxy) is 2. The first kappa shape index (κ1) is 22.5. The summed E-state index contributed by atoms with van der Waals surface area (Å²) in [7, 11) is 3.61. The molecule has 1 aromatic heterocycles. The number of Topliss-reactive ketones (excluding diaryl/α,β-unsaturated/α-hetero) is 1. The third kappa shape index (κ3) is 3.85. The number of carbonyl (C=O) groups excluding carboxylic acids is 1. The summed E-state index contributed by atoms with van der Waals surface area (Å²) in [5, 5.41) is 11.8. The van der Waals surface area contributed by atoms with Crippen LogP contribution >= 0.6 is 0 Å². The lowest BCUT2D eigenvalue weighted by Crippen LogP contribution is -2.45. The van der Waals surface area contributed by atoms with E-state index in [1.807, 2.05) is 42.9 Å². The molecule has 3 heterocycles. The highest BCUT2D eigenvalue weighted by atomic mass is 16.5. The molecule has 34 heavy (non-hydrogen) atoms. The predicted molar refractivity (Wildman–Crippen MR) is 133 cm³/mol. The monoisotopic (exact) mass is 461 g/mol. The van der Waals surface area contributed by atoms with E-state index in [9.17, 15) is 9.90 Å². The number of aromatic hydroxyl groups is 1. The van der Waals surface area contributed by atoms with Crippen LogP contribution in [0, 0.1) is 6.92 Å². The van der Waals surface area contributed by atoms with Crippen LogP contribution in [0.15, 0.2) is 36.2 Å². The fraction of sp³-hybridized carbons (Fsp3) is 0.370. The number of nitrogens with zero attached hydrogens (tertiary/aromatic N) is 3. The number of carbonyl (C=O) groups is 1. The van der Waals surface area contributed by atoms with Crippen molar-refractivity contribution in [1.29, 1.82) is 0 Å². The summed E-state index contributed by atoms with van der Waals surface area (Å²) in [4.78, 5) is 18.1. The summed E-state index contributed by atoms with van der Waals surface area (Å²) in [6, 6.07) is 7.57. The predicted octanol–water partition coefficient (Wildman–Crippen LogP) is 3.95. The highest BCUT2D eigenvalue weighted by Crippen LogP contribution is 2.42. The number of aryl methyl sites for hydroxylation is 2. The Balaban J connectivity index is 1.50. The zero-order valence-corrected chi connectivity index (χ0v) is 20.2. The Kier molecular flexibility index (Phi) is 5.83. The minimum Gasteiger partial charge on any atom is -0.507 e. The van der Waals surface area contributed by atoms with Crippen LogP contribution < -0.4 is 9.47 Å². The van der Waals surface area contributed by atoms with Crippen LogP contribution in [0.25, 0.3) is 17.0 Å². The second kappa shape index (κ2) is 8.81. The van der Waals surface area contributed by atoms with Crippen molar-refractivity contribution in [2.24, 2.45) is 7.05 Å². The fourth-order valence-corrected chi connectivity index (χ4v) is 5.00. The van der Waals surface area contributed by atoms with E-state index in [4.69, 9.17) is 9.47 Å². The quantitative estimate of drug-likeness (QED) is 0.581. The van der Waals surface area contributed by atoms with Crippen molar-refractivity contribution in [1.82, 2.24) is 14.4 Å². The second-order valence-electron chi connectivity index (χ2n) is 9.12. The molecule has 178 valence electrons. The van der Waals surface area contributed by atoms with E-state index in [1.165, 1.54) is 0 Å². The van der Waals surface area contributed by atoms with Crippen LogP contribution in [-0.2, 0) is 13.6 Å². The molecule has 2 aliphatic heterocycles. The van der Waals surface area contributed by atoms with Gasteiger partial charge >= 0.3 is 0 Å². The SMILES string of the molecule is CCN1CCN(Cc2c(O)cc(C)c3c2O/C(=C\c2cn(C)c4ccc(OC)cc24)C3=O)CC1. The first-order valence-electron chi connectivity index (χ1n) is 11.8. The maximum atomic E-state index is 13.4. The molecular formula is C27H31N3O4. The Morgan fingerprint density at radius 2 is 1.88 bits per heavy atom. The van der Waals surface area contributed by atoms with Gasteiger partial charge < -0.3 is 24.0 Å². The van der Waals surface area contributed by atoms with Gasteiger partial charge in [0.05, 0.1) is 18.2 Å². The minimum absolute atomic E-state index is 0.149. The molecule has 7 nitrogen and oxygen atoms in total. The lowest BCUT2D eigenvalue weighted by Gasteiger charge is -2.34. The molecule has 0 aliphatic carbocycles. The zero-order valence-electron chi connectivity index (χ0n) is 20.2. The Morgan fingerprint density at radius 3 is 2.59 bits per heavy atom. The molecule has 0 spiro atoms. The number of ketones is 1. The summed E-state index contributed by atoms with van der Waals surface area (Å²) in [5.74, 6) is 1.55. The van der Waals surface area contributed by atoms with Gasteiger partial charge in [0, 0.05) is 62.4 Å². The number of hydrogen-bond acceptors (Lipinski definition) is 6. The summed E-state index contributed by atoms with van der Waals surface area (Å²) in [6.45, 7) is 9.46. The fourth-order valence-electron chi connectivity index (χ4n) is 5.00. The smallest absolute Gasteiger partial charge is 0.232 e. The molecule has 0 atom stereocenters. The summed E-state index contributed by atoms with van der Waals surface area (Å²) < 4.78 is 13.6. The number of likely N-dealkylation sites (N-methyl/N-ethyl adjacent to an activating group) is 1. The number of hydrogen-bond donors (Lipinski definition) is 1. The number of phenols is 1. The third-order valence-corrected chi connectivity index (χ3v) is 7.03. The van der Waals surface area contributed by atoms with Gasteiger partial charge in [-0.3, -0.25) is 9.69 Å². The molecule has 0 saturated carbocycles. The van der Waals surface area contributed by atoms with Gasteiger partial charge in [-0.05, 0) is 49.4 Å². The molecule has 0 radical (unpaired) electrons. The average Bonchev–Trinajstić information content (AvgIpc) is 3.33. The Hall–Kier alpha value is -3.29. The summed E-state index contributed by atoms with van der Waals surface area (Å²) in [5.41, 5.74) is 3.87.